The van der Waals surface area contributed by atoms with Crippen LogP contribution < -0.4 is 9.64 Å². The molecule has 4 rings (SSSR count). The zero-order valence-electron chi connectivity index (χ0n) is 16.1. The number of anilines is 1. The van der Waals surface area contributed by atoms with Gasteiger partial charge in [0.2, 0.25) is 0 Å². The normalized spacial score (nSPS) is 17.9. The van der Waals surface area contributed by atoms with Crippen molar-refractivity contribution in [1.82, 2.24) is 0 Å². The lowest BCUT2D eigenvalue weighted by atomic mass is 9.94. The molecule has 1 saturated heterocycles. The molecule has 0 bridgehead atoms. The molecule has 0 aromatic heterocycles. The molecule has 1 N–H and O–H groups in total. The van der Waals surface area contributed by atoms with Gasteiger partial charge in [-0.3, -0.25) is 14.5 Å². The number of nitrogens with zero attached hydrogens (tertiary/aromatic N) is 1. The maximum Gasteiger partial charge on any atom is 0.300 e. The number of aliphatic hydroxyl groups excluding tert-OH is 1. The molecule has 0 saturated carbocycles. The van der Waals surface area contributed by atoms with Gasteiger partial charge in [-0.05, 0) is 42.5 Å². The summed E-state index contributed by atoms with van der Waals surface area (Å²) in [5, 5.41) is 11.6. The summed E-state index contributed by atoms with van der Waals surface area (Å²) in [4.78, 5) is 27.5. The molecule has 150 valence electrons. The zero-order chi connectivity index (χ0) is 21.3. The van der Waals surface area contributed by atoms with Crippen molar-refractivity contribution in [3.63, 3.8) is 0 Å². The van der Waals surface area contributed by atoms with Crippen LogP contribution in [0.25, 0.3) is 5.76 Å². The summed E-state index contributed by atoms with van der Waals surface area (Å²) < 4.78 is 5.49. The lowest BCUT2D eigenvalue weighted by Crippen LogP contribution is -2.29. The first-order chi connectivity index (χ1) is 14.5. The monoisotopic (exact) mass is 419 g/mol. The largest absolute Gasteiger partial charge is 0.507 e. The Morgan fingerprint density at radius 1 is 0.933 bits per heavy atom. The van der Waals surface area contributed by atoms with Crippen LogP contribution in [0.4, 0.5) is 5.69 Å². The summed E-state index contributed by atoms with van der Waals surface area (Å²) in [6.45, 7) is 0. The van der Waals surface area contributed by atoms with E-state index in [0.717, 1.165) is 0 Å². The molecule has 1 aliphatic heterocycles. The number of hydrogen-bond acceptors (Lipinski definition) is 4. The third-order valence-corrected chi connectivity index (χ3v) is 5.28. The second-order valence-electron chi connectivity index (χ2n) is 6.75. The first kappa shape index (κ1) is 19.7. The van der Waals surface area contributed by atoms with Crippen molar-refractivity contribution in [1.29, 1.82) is 0 Å². The Bertz CT molecular complexity index is 1140. The van der Waals surface area contributed by atoms with Crippen molar-refractivity contribution >= 4 is 34.7 Å². The number of halogens is 1. The molecule has 3 aromatic rings. The standard InChI is InChI=1S/C24H18ClNO4/c1-30-19-10-6-5-9-18(19)21-20(22(27)15-11-13-16(25)14-12-15)23(28)24(29)26(21)17-7-3-2-4-8-17/h2-14,21,27H,1H3/t21-/m0/s1. The van der Waals surface area contributed by atoms with Gasteiger partial charge in [-0.2, -0.15) is 0 Å². The number of carbonyl (C=O) groups excluding carboxylic acids is 2. The van der Waals surface area contributed by atoms with Gasteiger partial charge in [-0.1, -0.05) is 48.0 Å². The van der Waals surface area contributed by atoms with E-state index in [-0.39, 0.29) is 11.3 Å². The third kappa shape index (κ3) is 3.33. The predicted molar refractivity (Wildman–Crippen MR) is 116 cm³/mol. The first-order valence-corrected chi connectivity index (χ1v) is 9.65. The fourth-order valence-electron chi connectivity index (χ4n) is 3.64. The summed E-state index contributed by atoms with van der Waals surface area (Å²) in [6.07, 6.45) is 0. The van der Waals surface area contributed by atoms with E-state index in [2.05, 4.69) is 0 Å². The molecule has 0 aliphatic carbocycles. The minimum absolute atomic E-state index is 0.00400. The summed E-state index contributed by atoms with van der Waals surface area (Å²) in [6, 6.07) is 21.6. The second kappa shape index (κ2) is 8.05. The maximum atomic E-state index is 13.1. The van der Waals surface area contributed by atoms with Crippen molar-refractivity contribution in [3.05, 3.63) is 101 Å². The maximum absolute atomic E-state index is 13.1. The fourth-order valence-corrected chi connectivity index (χ4v) is 3.76. The molecule has 1 atom stereocenters. The number of rotatable bonds is 4. The number of ether oxygens (including phenoxy) is 1. The first-order valence-electron chi connectivity index (χ1n) is 9.28. The topological polar surface area (TPSA) is 66.8 Å². The Morgan fingerprint density at radius 3 is 2.23 bits per heavy atom. The molecule has 5 nitrogen and oxygen atoms in total. The average Bonchev–Trinajstić information content (AvgIpc) is 3.04. The number of Topliss-reactive ketones (excluding diaryl/α,β-unsaturated/α-hetero) is 1. The number of aliphatic hydroxyl groups is 1. The van der Waals surface area contributed by atoms with Crippen LogP contribution in [0.3, 0.4) is 0 Å². The summed E-state index contributed by atoms with van der Waals surface area (Å²) >= 11 is 5.95. The van der Waals surface area contributed by atoms with E-state index >= 15 is 0 Å². The van der Waals surface area contributed by atoms with Gasteiger partial charge in [0.05, 0.1) is 18.7 Å². The van der Waals surface area contributed by atoms with E-state index in [9.17, 15) is 14.7 Å². The van der Waals surface area contributed by atoms with Crippen LogP contribution >= 0.6 is 11.6 Å². The Morgan fingerprint density at radius 2 is 1.57 bits per heavy atom. The number of hydrogen-bond donors (Lipinski definition) is 1. The number of amides is 1. The van der Waals surface area contributed by atoms with E-state index in [1.54, 1.807) is 72.8 Å². The third-order valence-electron chi connectivity index (χ3n) is 5.03. The van der Waals surface area contributed by atoms with Crippen LogP contribution in [-0.4, -0.2) is 23.9 Å². The molecule has 1 heterocycles. The lowest BCUT2D eigenvalue weighted by molar-refractivity contribution is -0.132. The van der Waals surface area contributed by atoms with Crippen LogP contribution in [0.15, 0.2) is 84.4 Å². The van der Waals surface area contributed by atoms with Gasteiger partial charge < -0.3 is 9.84 Å². The van der Waals surface area contributed by atoms with Gasteiger partial charge in [0.1, 0.15) is 11.5 Å². The van der Waals surface area contributed by atoms with E-state index in [4.69, 9.17) is 16.3 Å². The minimum atomic E-state index is -0.848. The summed E-state index contributed by atoms with van der Waals surface area (Å²) in [5.74, 6) is -1.23. The van der Waals surface area contributed by atoms with Crippen LogP contribution in [0.2, 0.25) is 5.02 Å². The van der Waals surface area contributed by atoms with Gasteiger partial charge in [0.25, 0.3) is 11.7 Å². The highest BCUT2D eigenvalue weighted by atomic mass is 35.5. The smallest absolute Gasteiger partial charge is 0.300 e. The molecule has 30 heavy (non-hydrogen) atoms. The average molecular weight is 420 g/mol. The van der Waals surface area contributed by atoms with Gasteiger partial charge in [-0.15, -0.1) is 0 Å². The molecule has 0 unspecified atom stereocenters. The molecule has 3 aromatic carbocycles. The van der Waals surface area contributed by atoms with E-state index in [1.807, 2.05) is 6.07 Å². The lowest BCUT2D eigenvalue weighted by Gasteiger charge is -2.26. The number of benzene rings is 3. The second-order valence-corrected chi connectivity index (χ2v) is 7.19. The highest BCUT2D eigenvalue weighted by Crippen LogP contribution is 2.44. The Balaban J connectivity index is 1.98. The minimum Gasteiger partial charge on any atom is -0.507 e. The Kier molecular flexibility index (Phi) is 5.29. The van der Waals surface area contributed by atoms with Crippen molar-refractivity contribution in [3.8, 4) is 5.75 Å². The summed E-state index contributed by atoms with van der Waals surface area (Å²) in [5.41, 5.74) is 1.53. The highest BCUT2D eigenvalue weighted by Gasteiger charge is 2.47. The molecule has 1 aliphatic rings. The molecule has 6 heteroatoms. The predicted octanol–water partition coefficient (Wildman–Crippen LogP) is 4.97. The zero-order valence-corrected chi connectivity index (χ0v) is 16.8. The van der Waals surface area contributed by atoms with E-state index in [1.165, 1.54) is 12.0 Å². The van der Waals surface area contributed by atoms with E-state index in [0.29, 0.717) is 27.6 Å². The molecular formula is C24H18ClNO4. The summed E-state index contributed by atoms with van der Waals surface area (Å²) in [7, 11) is 1.52. The number of ketones is 1. The number of carbonyl (C=O) groups is 2. The van der Waals surface area contributed by atoms with Gasteiger partial charge >= 0.3 is 0 Å². The Labute approximate surface area is 178 Å². The van der Waals surface area contributed by atoms with Crippen LogP contribution in [0, 0.1) is 0 Å². The van der Waals surface area contributed by atoms with Crippen LogP contribution in [-0.2, 0) is 9.59 Å². The van der Waals surface area contributed by atoms with Crippen molar-refractivity contribution in [2.45, 2.75) is 6.04 Å². The van der Waals surface area contributed by atoms with Crippen molar-refractivity contribution in [2.24, 2.45) is 0 Å². The van der Waals surface area contributed by atoms with Crippen molar-refractivity contribution in [2.75, 3.05) is 12.0 Å². The Hall–Kier alpha value is -3.57. The molecule has 1 fully saturated rings. The SMILES string of the molecule is COc1ccccc1[C@H]1C(=C(O)c2ccc(Cl)cc2)C(=O)C(=O)N1c1ccccc1. The molecule has 1 amide bonds. The van der Waals surface area contributed by atoms with Gasteiger partial charge in [0.15, 0.2) is 0 Å². The van der Waals surface area contributed by atoms with E-state index < -0.39 is 17.7 Å². The highest BCUT2D eigenvalue weighted by molar-refractivity contribution is 6.51. The number of para-hydroxylation sites is 2. The van der Waals surface area contributed by atoms with Crippen molar-refractivity contribution < 1.29 is 19.4 Å². The quantitative estimate of drug-likeness (QED) is 0.368. The van der Waals surface area contributed by atoms with Crippen LogP contribution in [0.5, 0.6) is 5.75 Å². The molecular weight excluding hydrogens is 402 g/mol. The molecule has 0 spiro atoms. The van der Waals surface area contributed by atoms with Crippen LogP contribution in [0.1, 0.15) is 17.2 Å². The fraction of sp³-hybridized carbons (Fsp3) is 0.0833. The van der Waals surface area contributed by atoms with Gasteiger partial charge in [-0.25, -0.2) is 0 Å². The number of methoxy groups -OCH3 is 1. The molecule has 0 radical (unpaired) electrons. The van der Waals surface area contributed by atoms with Gasteiger partial charge in [0, 0.05) is 21.8 Å².